The van der Waals surface area contributed by atoms with E-state index in [0.717, 1.165) is 5.56 Å². The van der Waals surface area contributed by atoms with Crippen LogP contribution < -0.4 is 17.2 Å². The fourth-order valence-corrected chi connectivity index (χ4v) is 0.933. The van der Waals surface area contributed by atoms with Crippen molar-refractivity contribution in [3.63, 3.8) is 0 Å². The molecule has 3 heteroatoms. The van der Waals surface area contributed by atoms with E-state index in [2.05, 4.69) is 0 Å². The number of hydrogen-bond acceptors (Lipinski definition) is 3. The summed E-state index contributed by atoms with van der Waals surface area (Å²) in [5.41, 5.74) is 18.9. The molecule has 0 saturated heterocycles. The molecule has 0 radical (unpaired) electrons. The van der Waals surface area contributed by atoms with Gasteiger partial charge in [0.1, 0.15) is 0 Å². The quantitative estimate of drug-likeness (QED) is 0.565. The maximum absolute atomic E-state index is 5.68. The Balaban J connectivity index is 2.97. The van der Waals surface area contributed by atoms with Crippen LogP contribution in [0.25, 0.3) is 6.08 Å². The van der Waals surface area contributed by atoms with Crippen molar-refractivity contribution in [2.24, 2.45) is 5.73 Å². The summed E-state index contributed by atoms with van der Waals surface area (Å²) in [6.45, 7) is 0.508. The third-order valence-electron chi connectivity index (χ3n) is 1.54. The highest BCUT2D eigenvalue weighted by atomic mass is 14.6. The molecule has 12 heavy (non-hydrogen) atoms. The van der Waals surface area contributed by atoms with Crippen molar-refractivity contribution in [3.8, 4) is 0 Å². The van der Waals surface area contributed by atoms with Crippen LogP contribution in [0.15, 0.2) is 24.3 Å². The summed E-state index contributed by atoms with van der Waals surface area (Å²) >= 11 is 0. The first kappa shape index (κ1) is 8.62. The monoisotopic (exact) mass is 163 g/mol. The van der Waals surface area contributed by atoms with E-state index < -0.39 is 0 Å². The van der Waals surface area contributed by atoms with E-state index in [1.165, 1.54) is 0 Å². The molecular weight excluding hydrogens is 150 g/mol. The molecule has 1 aromatic carbocycles. The molecule has 0 atom stereocenters. The molecule has 64 valence electrons. The molecule has 0 aliphatic carbocycles. The van der Waals surface area contributed by atoms with Crippen LogP contribution in [0.1, 0.15) is 5.56 Å². The van der Waals surface area contributed by atoms with Crippen LogP contribution in [0.2, 0.25) is 0 Å². The molecule has 1 aromatic rings. The molecule has 0 heterocycles. The Bertz CT molecular complexity index is 292. The Morgan fingerprint density at radius 1 is 1.25 bits per heavy atom. The summed E-state index contributed by atoms with van der Waals surface area (Å²) in [7, 11) is 0. The van der Waals surface area contributed by atoms with Gasteiger partial charge < -0.3 is 17.2 Å². The first-order chi connectivity index (χ1) is 5.74. The van der Waals surface area contributed by atoms with Crippen LogP contribution in [0.4, 0.5) is 11.4 Å². The minimum absolute atomic E-state index is 0.508. The van der Waals surface area contributed by atoms with Crippen LogP contribution in [0.5, 0.6) is 0 Å². The Morgan fingerprint density at radius 2 is 2.00 bits per heavy atom. The van der Waals surface area contributed by atoms with Crippen molar-refractivity contribution in [2.45, 2.75) is 0 Å². The van der Waals surface area contributed by atoms with Crippen LogP contribution >= 0.6 is 0 Å². The maximum atomic E-state index is 5.68. The molecular formula is C9H13N3. The van der Waals surface area contributed by atoms with E-state index in [1.54, 1.807) is 12.1 Å². The summed E-state index contributed by atoms with van der Waals surface area (Å²) in [4.78, 5) is 0. The predicted molar refractivity (Wildman–Crippen MR) is 53.4 cm³/mol. The first-order valence-electron chi connectivity index (χ1n) is 3.75. The third-order valence-corrected chi connectivity index (χ3v) is 1.54. The lowest BCUT2D eigenvalue weighted by atomic mass is 10.1. The van der Waals surface area contributed by atoms with E-state index in [1.807, 2.05) is 18.2 Å². The van der Waals surface area contributed by atoms with Gasteiger partial charge in [0.25, 0.3) is 0 Å². The number of nitrogens with two attached hydrogens (primary N) is 3. The first-order valence-corrected chi connectivity index (χ1v) is 3.75. The second-order valence-electron chi connectivity index (χ2n) is 2.53. The van der Waals surface area contributed by atoms with Crippen LogP contribution in [0.3, 0.4) is 0 Å². The van der Waals surface area contributed by atoms with Crippen LogP contribution in [-0.2, 0) is 0 Å². The molecule has 0 aromatic heterocycles. The molecule has 0 spiro atoms. The average molecular weight is 163 g/mol. The average Bonchev–Trinajstić information content (AvgIpc) is 2.07. The van der Waals surface area contributed by atoms with Gasteiger partial charge in [-0.1, -0.05) is 12.2 Å². The zero-order valence-corrected chi connectivity index (χ0v) is 6.83. The molecule has 0 fully saturated rings. The lowest BCUT2D eigenvalue weighted by Crippen LogP contribution is -1.94. The van der Waals surface area contributed by atoms with Crippen molar-refractivity contribution in [3.05, 3.63) is 29.8 Å². The molecule has 0 unspecified atom stereocenters. The van der Waals surface area contributed by atoms with Gasteiger partial charge >= 0.3 is 0 Å². The minimum Gasteiger partial charge on any atom is -0.399 e. The summed E-state index contributed by atoms with van der Waals surface area (Å²) in [6.07, 6.45) is 3.71. The second kappa shape index (κ2) is 3.78. The number of nitrogen functional groups attached to an aromatic ring is 2. The summed E-state index contributed by atoms with van der Waals surface area (Å²) in [5.74, 6) is 0. The van der Waals surface area contributed by atoms with Crippen molar-refractivity contribution in [1.29, 1.82) is 0 Å². The Labute approximate surface area is 71.9 Å². The molecule has 6 N–H and O–H groups in total. The van der Waals surface area contributed by atoms with Crippen LogP contribution in [-0.4, -0.2) is 6.54 Å². The summed E-state index contributed by atoms with van der Waals surface area (Å²) in [6, 6.07) is 5.38. The lowest BCUT2D eigenvalue weighted by molar-refractivity contribution is 1.26. The summed E-state index contributed by atoms with van der Waals surface area (Å²) in [5, 5.41) is 0. The normalized spacial score (nSPS) is 10.8. The molecule has 0 saturated carbocycles. The van der Waals surface area contributed by atoms with Crippen molar-refractivity contribution >= 4 is 17.5 Å². The van der Waals surface area contributed by atoms with Crippen molar-refractivity contribution in [2.75, 3.05) is 18.0 Å². The predicted octanol–water partition coefficient (Wildman–Crippen LogP) is 0.823. The van der Waals surface area contributed by atoms with Gasteiger partial charge in [0.2, 0.25) is 0 Å². The van der Waals surface area contributed by atoms with Gasteiger partial charge in [-0.25, -0.2) is 0 Å². The number of anilines is 2. The minimum atomic E-state index is 0.508. The Hall–Kier alpha value is -1.48. The highest BCUT2D eigenvalue weighted by Gasteiger charge is 1.93. The smallest absolute Gasteiger partial charge is 0.0389 e. The van der Waals surface area contributed by atoms with Gasteiger partial charge in [-0.15, -0.1) is 0 Å². The number of rotatable bonds is 2. The van der Waals surface area contributed by atoms with Gasteiger partial charge in [-0.2, -0.15) is 0 Å². The fraction of sp³-hybridized carbons (Fsp3) is 0.111. The van der Waals surface area contributed by atoms with Gasteiger partial charge in [0, 0.05) is 17.9 Å². The van der Waals surface area contributed by atoms with Crippen molar-refractivity contribution in [1.82, 2.24) is 0 Å². The lowest BCUT2D eigenvalue weighted by Gasteiger charge is -2.00. The zero-order valence-electron chi connectivity index (χ0n) is 6.83. The molecule has 0 aliphatic heterocycles. The topological polar surface area (TPSA) is 78.1 Å². The van der Waals surface area contributed by atoms with E-state index in [4.69, 9.17) is 17.2 Å². The standard InChI is InChI=1S/C9H13N3/c10-5-1-2-7-6-8(11)3-4-9(7)12/h1-4,6H,5,10-12H2. The molecule has 3 nitrogen and oxygen atoms in total. The Morgan fingerprint density at radius 3 is 2.67 bits per heavy atom. The molecule has 0 aliphatic rings. The highest BCUT2D eigenvalue weighted by molar-refractivity contribution is 5.68. The van der Waals surface area contributed by atoms with Crippen LogP contribution in [0, 0.1) is 0 Å². The maximum Gasteiger partial charge on any atom is 0.0389 e. The largest absolute Gasteiger partial charge is 0.399 e. The van der Waals surface area contributed by atoms with Crippen molar-refractivity contribution < 1.29 is 0 Å². The highest BCUT2D eigenvalue weighted by Crippen LogP contribution is 2.16. The Kier molecular flexibility index (Phi) is 2.71. The second-order valence-corrected chi connectivity index (χ2v) is 2.53. The molecule has 0 bridgehead atoms. The van der Waals surface area contributed by atoms with E-state index in [0.29, 0.717) is 17.9 Å². The van der Waals surface area contributed by atoms with Gasteiger partial charge in [0.05, 0.1) is 0 Å². The van der Waals surface area contributed by atoms with E-state index in [-0.39, 0.29) is 0 Å². The van der Waals surface area contributed by atoms with Gasteiger partial charge in [0.15, 0.2) is 0 Å². The summed E-state index contributed by atoms with van der Waals surface area (Å²) < 4.78 is 0. The van der Waals surface area contributed by atoms with Gasteiger partial charge in [-0.05, 0) is 23.8 Å². The number of hydrogen-bond donors (Lipinski definition) is 3. The SMILES string of the molecule is NCC=Cc1cc(N)ccc1N. The fourth-order valence-electron chi connectivity index (χ4n) is 0.933. The third kappa shape index (κ3) is 2.00. The molecule has 0 amide bonds. The van der Waals surface area contributed by atoms with E-state index in [9.17, 15) is 0 Å². The van der Waals surface area contributed by atoms with E-state index >= 15 is 0 Å². The molecule has 1 rings (SSSR count). The number of benzene rings is 1. The van der Waals surface area contributed by atoms with Gasteiger partial charge in [-0.3, -0.25) is 0 Å². The zero-order chi connectivity index (χ0) is 8.97.